The van der Waals surface area contributed by atoms with Crippen LogP contribution in [0.15, 0.2) is 22.7 Å². The first-order valence-electron chi connectivity index (χ1n) is 9.77. The van der Waals surface area contributed by atoms with Crippen LogP contribution in [0.4, 0.5) is 0 Å². The molecule has 1 aromatic heterocycles. The molecule has 0 bridgehead atoms. The van der Waals surface area contributed by atoms with E-state index in [4.69, 9.17) is 9.26 Å². The Bertz CT molecular complexity index is 899. The summed E-state index contributed by atoms with van der Waals surface area (Å²) < 4.78 is 11.3. The summed E-state index contributed by atoms with van der Waals surface area (Å²) >= 11 is 0. The molecular weight excluding hydrogens is 340 g/mol. The molecule has 0 saturated carbocycles. The fraction of sp³-hybridized carbons (Fsp3) is 0.545. The third kappa shape index (κ3) is 2.51. The monoisotopic (exact) mass is 368 g/mol. The average molecular weight is 368 g/mol. The Labute approximate surface area is 160 Å². The highest BCUT2D eigenvalue weighted by atomic mass is 16.5. The maximum Gasteiger partial charge on any atom is 0.273 e. The Morgan fingerprint density at radius 2 is 2.15 bits per heavy atom. The maximum atomic E-state index is 12.5. The van der Waals surface area contributed by atoms with Crippen LogP contribution in [0.1, 0.15) is 67.1 Å². The van der Waals surface area contributed by atoms with Crippen LogP contribution in [0.3, 0.4) is 0 Å². The lowest BCUT2D eigenvalue weighted by molar-refractivity contribution is 0.0945. The molecule has 1 N–H and O–H groups in total. The number of hydrogen-bond donors (Lipinski definition) is 1. The van der Waals surface area contributed by atoms with Crippen LogP contribution < -0.4 is 10.1 Å². The minimum absolute atomic E-state index is 0.0918. The minimum Gasteiger partial charge on any atom is -0.497 e. The Balaban J connectivity index is 1.88. The first-order chi connectivity index (χ1) is 12.8. The molecule has 0 spiro atoms. The molecule has 2 aliphatic carbocycles. The van der Waals surface area contributed by atoms with Gasteiger partial charge in [-0.1, -0.05) is 32.0 Å². The van der Waals surface area contributed by atoms with E-state index >= 15 is 0 Å². The van der Waals surface area contributed by atoms with Crippen molar-refractivity contribution in [1.82, 2.24) is 10.5 Å². The van der Waals surface area contributed by atoms with Gasteiger partial charge in [-0.3, -0.25) is 4.79 Å². The van der Waals surface area contributed by atoms with Gasteiger partial charge in [0.15, 0.2) is 5.69 Å². The van der Waals surface area contributed by atoms with E-state index in [0.717, 1.165) is 36.3 Å². The predicted octanol–water partition coefficient (Wildman–Crippen LogP) is 3.79. The molecule has 0 radical (unpaired) electrons. The first kappa shape index (κ1) is 18.1. The number of rotatable bonds is 3. The Hall–Kier alpha value is -2.30. The molecule has 0 unspecified atom stereocenters. The van der Waals surface area contributed by atoms with Gasteiger partial charge in [-0.2, -0.15) is 0 Å². The molecule has 27 heavy (non-hydrogen) atoms. The lowest BCUT2D eigenvalue weighted by atomic mass is 9.50. The van der Waals surface area contributed by atoms with Crippen molar-refractivity contribution in [1.29, 1.82) is 0 Å². The summed E-state index contributed by atoms with van der Waals surface area (Å²) in [6, 6.07) is 6.42. The number of benzene rings is 1. The fourth-order valence-electron chi connectivity index (χ4n) is 5.54. The zero-order valence-electron chi connectivity index (χ0n) is 16.8. The van der Waals surface area contributed by atoms with Crippen LogP contribution >= 0.6 is 0 Å². The topological polar surface area (TPSA) is 64.4 Å². The number of carbonyl (C=O) groups is 1. The molecule has 5 heteroatoms. The van der Waals surface area contributed by atoms with Gasteiger partial charge in [-0.15, -0.1) is 0 Å². The number of fused-ring (bicyclic) bond motifs is 4. The number of nitrogens with zero attached hydrogens (tertiary/aromatic N) is 1. The predicted molar refractivity (Wildman–Crippen MR) is 103 cm³/mol. The molecule has 0 fully saturated rings. The molecular formula is C22H28N2O3. The van der Waals surface area contributed by atoms with Gasteiger partial charge in [0, 0.05) is 22.9 Å². The molecule has 144 valence electrons. The molecule has 2 atom stereocenters. The van der Waals surface area contributed by atoms with Gasteiger partial charge >= 0.3 is 0 Å². The summed E-state index contributed by atoms with van der Waals surface area (Å²) in [7, 11) is 1.71. The fourth-order valence-corrected chi connectivity index (χ4v) is 5.54. The molecule has 2 aliphatic rings. The Morgan fingerprint density at radius 1 is 1.37 bits per heavy atom. The number of nitrogens with one attached hydrogen (secondary N) is 1. The average Bonchev–Trinajstić information content (AvgIpc) is 3.06. The molecule has 1 amide bonds. The van der Waals surface area contributed by atoms with E-state index in [-0.39, 0.29) is 16.7 Å². The summed E-state index contributed by atoms with van der Waals surface area (Å²) in [5, 5.41) is 7.04. The second-order valence-electron chi connectivity index (χ2n) is 8.63. The zero-order chi connectivity index (χ0) is 19.4. The standard InChI is InChI=1S/C22H28N2O3/c1-6-23-20(25)18-15-12-22(4)16-11-14(26-5)9-7-13(16)8-10-17(22)21(2,3)19(15)27-24-18/h7,9,11,17H,6,8,10,12H2,1-5H3,(H,23,25)/t17-,22+/m0/s1. The van der Waals surface area contributed by atoms with Crippen molar-refractivity contribution in [2.45, 2.75) is 57.8 Å². The maximum absolute atomic E-state index is 12.5. The number of hydrogen-bond acceptors (Lipinski definition) is 4. The van der Waals surface area contributed by atoms with Crippen molar-refractivity contribution in [2.75, 3.05) is 13.7 Å². The minimum atomic E-state index is -0.194. The van der Waals surface area contributed by atoms with E-state index in [0.29, 0.717) is 18.2 Å². The Kier molecular flexibility index (Phi) is 4.09. The van der Waals surface area contributed by atoms with Crippen LogP contribution in [0.2, 0.25) is 0 Å². The SMILES string of the molecule is CCNC(=O)c1noc2c1C[C@]1(C)c3cc(OC)ccc3CC[C@H]1C2(C)C. The third-order valence-corrected chi connectivity index (χ3v) is 6.74. The molecule has 0 saturated heterocycles. The largest absolute Gasteiger partial charge is 0.497 e. The van der Waals surface area contributed by atoms with Crippen LogP contribution in [0.25, 0.3) is 0 Å². The summed E-state index contributed by atoms with van der Waals surface area (Å²) in [5.41, 5.74) is 3.83. The van der Waals surface area contributed by atoms with E-state index in [2.05, 4.69) is 43.4 Å². The number of ether oxygens (including phenoxy) is 1. The number of methoxy groups -OCH3 is 1. The first-order valence-corrected chi connectivity index (χ1v) is 9.77. The molecule has 2 aromatic rings. The summed E-state index contributed by atoms with van der Waals surface area (Å²) in [4.78, 5) is 12.5. The van der Waals surface area contributed by atoms with Gasteiger partial charge in [-0.05, 0) is 55.4 Å². The van der Waals surface area contributed by atoms with Gasteiger partial charge in [-0.25, -0.2) is 0 Å². The van der Waals surface area contributed by atoms with E-state index in [1.165, 1.54) is 11.1 Å². The lowest BCUT2D eigenvalue weighted by Gasteiger charge is -2.52. The van der Waals surface area contributed by atoms with Crippen LogP contribution in [-0.4, -0.2) is 24.7 Å². The lowest BCUT2D eigenvalue weighted by Crippen LogP contribution is -2.51. The second-order valence-corrected chi connectivity index (χ2v) is 8.63. The van der Waals surface area contributed by atoms with Gasteiger partial charge in [0.2, 0.25) is 0 Å². The Morgan fingerprint density at radius 3 is 2.85 bits per heavy atom. The number of aryl methyl sites for hydroxylation is 1. The quantitative estimate of drug-likeness (QED) is 0.895. The van der Waals surface area contributed by atoms with Crippen LogP contribution in [-0.2, 0) is 23.7 Å². The van der Waals surface area contributed by atoms with Crippen molar-refractivity contribution in [3.63, 3.8) is 0 Å². The number of amides is 1. The highest BCUT2D eigenvalue weighted by Crippen LogP contribution is 2.57. The van der Waals surface area contributed by atoms with Crippen molar-refractivity contribution in [3.8, 4) is 5.75 Å². The summed E-state index contributed by atoms with van der Waals surface area (Å²) in [6.45, 7) is 9.27. The highest BCUT2D eigenvalue weighted by Gasteiger charge is 2.55. The van der Waals surface area contributed by atoms with Crippen LogP contribution in [0.5, 0.6) is 5.75 Å². The summed E-state index contributed by atoms with van der Waals surface area (Å²) in [6.07, 6.45) is 2.90. The van der Waals surface area contributed by atoms with E-state index in [1.54, 1.807) is 7.11 Å². The smallest absolute Gasteiger partial charge is 0.273 e. The van der Waals surface area contributed by atoms with Gasteiger partial charge in [0.05, 0.1) is 7.11 Å². The normalized spacial score (nSPS) is 25.1. The summed E-state index contributed by atoms with van der Waals surface area (Å²) in [5.74, 6) is 2.01. The zero-order valence-corrected chi connectivity index (χ0v) is 16.8. The number of carbonyl (C=O) groups excluding carboxylic acids is 1. The van der Waals surface area contributed by atoms with Crippen molar-refractivity contribution >= 4 is 5.91 Å². The van der Waals surface area contributed by atoms with Crippen LogP contribution in [0, 0.1) is 5.92 Å². The molecule has 1 heterocycles. The van der Waals surface area contributed by atoms with E-state index in [9.17, 15) is 4.79 Å². The van der Waals surface area contributed by atoms with Crippen molar-refractivity contribution < 1.29 is 14.1 Å². The molecule has 1 aromatic carbocycles. The van der Waals surface area contributed by atoms with Gasteiger partial charge in [0.25, 0.3) is 5.91 Å². The van der Waals surface area contributed by atoms with Gasteiger partial charge in [0.1, 0.15) is 11.5 Å². The van der Waals surface area contributed by atoms with Crippen molar-refractivity contribution in [2.24, 2.45) is 5.92 Å². The third-order valence-electron chi connectivity index (χ3n) is 6.74. The van der Waals surface area contributed by atoms with E-state index in [1.807, 2.05) is 13.0 Å². The molecule has 5 nitrogen and oxygen atoms in total. The van der Waals surface area contributed by atoms with Gasteiger partial charge < -0.3 is 14.6 Å². The second kappa shape index (κ2) is 6.11. The highest BCUT2D eigenvalue weighted by molar-refractivity contribution is 5.94. The van der Waals surface area contributed by atoms with Crippen molar-refractivity contribution in [3.05, 3.63) is 46.3 Å². The number of aromatic nitrogens is 1. The van der Waals surface area contributed by atoms with E-state index < -0.39 is 0 Å². The molecule has 0 aliphatic heterocycles. The molecule has 4 rings (SSSR count).